The van der Waals surface area contributed by atoms with Crippen LogP contribution in [-0.2, 0) is 9.53 Å². The summed E-state index contributed by atoms with van der Waals surface area (Å²) in [7, 11) is 1.42. The third-order valence-corrected chi connectivity index (χ3v) is 2.35. The normalized spacial score (nSPS) is 14.1. The van der Waals surface area contributed by atoms with Gasteiger partial charge >= 0.3 is 0 Å². The standard InChI is InChI=1S/C12H16FNO3/c1-8(14-11(15)7-17-2)12(16)9-3-5-10(13)6-4-9/h3-6,8,12,16H,7H2,1-2H3,(H,14,15). The molecule has 4 nitrogen and oxygen atoms in total. The molecule has 0 saturated heterocycles. The summed E-state index contributed by atoms with van der Waals surface area (Å²) in [6, 6.07) is 5.03. The fourth-order valence-electron chi connectivity index (χ4n) is 1.45. The van der Waals surface area contributed by atoms with E-state index in [2.05, 4.69) is 10.1 Å². The van der Waals surface area contributed by atoms with Gasteiger partial charge in [0, 0.05) is 7.11 Å². The largest absolute Gasteiger partial charge is 0.386 e. The molecule has 2 unspecified atom stereocenters. The Morgan fingerprint density at radius 2 is 2.06 bits per heavy atom. The van der Waals surface area contributed by atoms with E-state index >= 15 is 0 Å². The molecule has 1 aromatic rings. The zero-order valence-corrected chi connectivity index (χ0v) is 9.81. The van der Waals surface area contributed by atoms with Crippen LogP contribution in [0.25, 0.3) is 0 Å². The maximum absolute atomic E-state index is 12.7. The Hall–Kier alpha value is -1.46. The maximum atomic E-state index is 12.7. The van der Waals surface area contributed by atoms with Crippen molar-refractivity contribution < 1.29 is 19.0 Å². The van der Waals surface area contributed by atoms with Gasteiger partial charge in [0.25, 0.3) is 0 Å². The van der Waals surface area contributed by atoms with Crippen LogP contribution >= 0.6 is 0 Å². The highest BCUT2D eigenvalue weighted by molar-refractivity contribution is 5.77. The van der Waals surface area contributed by atoms with Crippen molar-refractivity contribution in [2.24, 2.45) is 0 Å². The number of nitrogens with one attached hydrogen (secondary N) is 1. The van der Waals surface area contributed by atoms with E-state index in [1.54, 1.807) is 6.92 Å². The number of aliphatic hydroxyl groups is 1. The summed E-state index contributed by atoms with van der Waals surface area (Å²) in [5.41, 5.74) is 0.552. The molecular weight excluding hydrogens is 225 g/mol. The zero-order valence-electron chi connectivity index (χ0n) is 9.81. The Morgan fingerprint density at radius 3 is 2.59 bits per heavy atom. The topological polar surface area (TPSA) is 58.6 Å². The van der Waals surface area contributed by atoms with Crippen LogP contribution in [0.5, 0.6) is 0 Å². The average molecular weight is 241 g/mol. The lowest BCUT2D eigenvalue weighted by atomic mass is 10.0. The molecule has 0 radical (unpaired) electrons. The number of rotatable bonds is 5. The minimum Gasteiger partial charge on any atom is -0.386 e. The molecule has 0 heterocycles. The van der Waals surface area contributed by atoms with E-state index in [0.717, 1.165) is 0 Å². The van der Waals surface area contributed by atoms with Crippen LogP contribution in [0.3, 0.4) is 0 Å². The van der Waals surface area contributed by atoms with Crippen molar-refractivity contribution in [3.8, 4) is 0 Å². The van der Waals surface area contributed by atoms with Crippen LogP contribution in [-0.4, -0.2) is 30.8 Å². The van der Waals surface area contributed by atoms with Crippen molar-refractivity contribution in [1.29, 1.82) is 0 Å². The number of halogens is 1. The van der Waals surface area contributed by atoms with E-state index in [4.69, 9.17) is 0 Å². The number of benzene rings is 1. The first-order chi connectivity index (χ1) is 8.04. The molecule has 5 heteroatoms. The number of carbonyl (C=O) groups is 1. The van der Waals surface area contributed by atoms with Gasteiger partial charge in [0.2, 0.25) is 5.91 Å². The lowest BCUT2D eigenvalue weighted by Crippen LogP contribution is -2.38. The summed E-state index contributed by atoms with van der Waals surface area (Å²) in [6.45, 7) is 1.61. The first-order valence-electron chi connectivity index (χ1n) is 5.26. The van der Waals surface area contributed by atoms with Gasteiger partial charge < -0.3 is 15.2 Å². The minimum atomic E-state index is -0.878. The van der Waals surface area contributed by atoms with Crippen LogP contribution in [0, 0.1) is 5.82 Å². The molecule has 0 aliphatic carbocycles. The molecule has 1 rings (SSSR count). The van der Waals surface area contributed by atoms with Gasteiger partial charge in [-0.1, -0.05) is 12.1 Å². The molecule has 1 aromatic carbocycles. The molecule has 1 amide bonds. The summed E-state index contributed by atoms with van der Waals surface area (Å²) in [5, 5.41) is 12.5. The first-order valence-corrected chi connectivity index (χ1v) is 5.26. The lowest BCUT2D eigenvalue weighted by molar-refractivity contribution is -0.126. The van der Waals surface area contributed by atoms with Crippen molar-refractivity contribution in [2.45, 2.75) is 19.1 Å². The third kappa shape index (κ3) is 4.13. The molecule has 0 bridgehead atoms. The monoisotopic (exact) mass is 241 g/mol. The number of hydrogen-bond acceptors (Lipinski definition) is 3. The van der Waals surface area contributed by atoms with Gasteiger partial charge in [-0.2, -0.15) is 0 Å². The summed E-state index contributed by atoms with van der Waals surface area (Å²) in [6.07, 6.45) is -0.878. The fourth-order valence-corrected chi connectivity index (χ4v) is 1.45. The average Bonchev–Trinajstić information content (AvgIpc) is 2.29. The minimum absolute atomic E-state index is 0.0551. The van der Waals surface area contributed by atoms with E-state index < -0.39 is 12.1 Å². The second kappa shape index (κ2) is 6.32. The number of hydrogen-bond donors (Lipinski definition) is 2. The van der Waals surface area contributed by atoms with Crippen LogP contribution in [0.15, 0.2) is 24.3 Å². The van der Waals surface area contributed by atoms with Gasteiger partial charge in [-0.3, -0.25) is 4.79 Å². The Morgan fingerprint density at radius 1 is 1.47 bits per heavy atom. The predicted molar refractivity (Wildman–Crippen MR) is 60.8 cm³/mol. The summed E-state index contributed by atoms with van der Waals surface area (Å²) < 4.78 is 17.4. The second-order valence-electron chi connectivity index (χ2n) is 3.79. The highest BCUT2D eigenvalue weighted by Gasteiger charge is 2.18. The number of amides is 1. The second-order valence-corrected chi connectivity index (χ2v) is 3.79. The molecule has 94 valence electrons. The number of carbonyl (C=O) groups excluding carboxylic acids is 1. The number of aliphatic hydroxyl groups excluding tert-OH is 1. The van der Waals surface area contributed by atoms with Crippen LogP contribution in [0.1, 0.15) is 18.6 Å². The molecule has 0 spiro atoms. The van der Waals surface area contributed by atoms with Crippen LogP contribution in [0.2, 0.25) is 0 Å². The van der Waals surface area contributed by atoms with E-state index in [1.807, 2.05) is 0 Å². The summed E-state index contributed by atoms with van der Waals surface area (Å²) in [5.74, 6) is -0.668. The Kier molecular flexibility index (Phi) is 5.06. The maximum Gasteiger partial charge on any atom is 0.246 e. The van der Waals surface area contributed by atoms with Gasteiger partial charge in [0.15, 0.2) is 0 Å². The molecule has 2 atom stereocenters. The molecule has 0 aromatic heterocycles. The molecule has 2 N–H and O–H groups in total. The molecule has 0 fully saturated rings. The van der Waals surface area contributed by atoms with Crippen LogP contribution < -0.4 is 5.32 Å². The molecule has 0 aliphatic rings. The quantitative estimate of drug-likeness (QED) is 0.809. The predicted octanol–water partition coefficient (Wildman–Crippen LogP) is 1.01. The smallest absolute Gasteiger partial charge is 0.246 e. The number of methoxy groups -OCH3 is 1. The Bertz CT molecular complexity index is 367. The van der Waals surface area contributed by atoms with Gasteiger partial charge in [-0.25, -0.2) is 4.39 Å². The van der Waals surface area contributed by atoms with Gasteiger partial charge in [0.1, 0.15) is 12.4 Å². The number of ether oxygens (including phenoxy) is 1. The molecular formula is C12H16FNO3. The Labute approximate surface area is 99.4 Å². The molecule has 0 saturated carbocycles. The zero-order chi connectivity index (χ0) is 12.8. The SMILES string of the molecule is COCC(=O)NC(C)C(O)c1ccc(F)cc1. The van der Waals surface area contributed by atoms with E-state index in [1.165, 1.54) is 31.4 Å². The van der Waals surface area contributed by atoms with Crippen molar-refractivity contribution in [3.05, 3.63) is 35.6 Å². The van der Waals surface area contributed by atoms with Crippen molar-refractivity contribution in [3.63, 3.8) is 0 Å². The molecule has 17 heavy (non-hydrogen) atoms. The van der Waals surface area contributed by atoms with Crippen molar-refractivity contribution in [1.82, 2.24) is 5.32 Å². The first kappa shape index (κ1) is 13.6. The van der Waals surface area contributed by atoms with Crippen molar-refractivity contribution >= 4 is 5.91 Å². The van der Waals surface area contributed by atoms with Crippen molar-refractivity contribution in [2.75, 3.05) is 13.7 Å². The Balaban J connectivity index is 2.60. The fraction of sp³-hybridized carbons (Fsp3) is 0.417. The van der Waals surface area contributed by atoms with Crippen LogP contribution in [0.4, 0.5) is 4.39 Å². The van der Waals surface area contributed by atoms with E-state index in [-0.39, 0.29) is 18.3 Å². The summed E-state index contributed by atoms with van der Waals surface area (Å²) >= 11 is 0. The van der Waals surface area contributed by atoms with E-state index in [0.29, 0.717) is 5.56 Å². The third-order valence-electron chi connectivity index (χ3n) is 2.35. The van der Waals surface area contributed by atoms with Gasteiger partial charge in [-0.05, 0) is 24.6 Å². The highest BCUT2D eigenvalue weighted by Crippen LogP contribution is 2.16. The van der Waals surface area contributed by atoms with E-state index in [9.17, 15) is 14.3 Å². The van der Waals surface area contributed by atoms with Gasteiger partial charge in [-0.15, -0.1) is 0 Å². The van der Waals surface area contributed by atoms with Gasteiger partial charge in [0.05, 0.1) is 12.1 Å². The summed E-state index contributed by atoms with van der Waals surface area (Å²) in [4.78, 5) is 11.2. The molecule has 0 aliphatic heterocycles. The highest BCUT2D eigenvalue weighted by atomic mass is 19.1. The lowest BCUT2D eigenvalue weighted by Gasteiger charge is -2.20.